The maximum Gasteiger partial charge on any atom is 0.472 e. The van der Waals surface area contributed by atoms with Gasteiger partial charge >= 0.3 is 7.82 Å². The molecule has 0 saturated carbocycles. The van der Waals surface area contributed by atoms with Crippen molar-refractivity contribution in [2.24, 2.45) is 0 Å². The molecular formula is C76H156N2O6P+. The number of rotatable bonds is 74. The lowest BCUT2D eigenvalue weighted by atomic mass is 10.0. The molecule has 0 aliphatic heterocycles. The molecule has 8 nitrogen and oxygen atoms in total. The fourth-order valence-electron chi connectivity index (χ4n) is 12.6. The monoisotopic (exact) mass is 1220 g/mol. The first-order valence-electron chi connectivity index (χ1n) is 38.9. The van der Waals surface area contributed by atoms with Crippen LogP contribution in [0.3, 0.4) is 0 Å². The summed E-state index contributed by atoms with van der Waals surface area (Å²) >= 11 is 0. The molecule has 0 saturated heterocycles. The largest absolute Gasteiger partial charge is 0.472 e. The highest BCUT2D eigenvalue weighted by molar-refractivity contribution is 7.47. The fraction of sp³-hybridized carbons (Fsp3) is 0.987. The molecule has 0 aromatic heterocycles. The van der Waals surface area contributed by atoms with Crippen molar-refractivity contribution in [2.75, 3.05) is 40.9 Å². The van der Waals surface area contributed by atoms with Gasteiger partial charge in [0.1, 0.15) is 13.2 Å². The van der Waals surface area contributed by atoms with Crippen LogP contribution in [0.25, 0.3) is 0 Å². The Bertz CT molecular complexity index is 1350. The number of amides is 1. The van der Waals surface area contributed by atoms with E-state index in [0.717, 1.165) is 38.5 Å². The third-order valence-corrected chi connectivity index (χ3v) is 19.6. The molecule has 510 valence electrons. The minimum absolute atomic E-state index is 0.0796. The molecule has 3 unspecified atom stereocenters. The molecule has 0 radical (unpaired) electrons. The third kappa shape index (κ3) is 70.8. The van der Waals surface area contributed by atoms with Crippen LogP contribution in [0.5, 0.6) is 0 Å². The highest BCUT2D eigenvalue weighted by Crippen LogP contribution is 2.43. The summed E-state index contributed by atoms with van der Waals surface area (Å²) in [6.07, 6.45) is 86.7. The number of hydrogen-bond acceptors (Lipinski definition) is 5. The zero-order valence-electron chi connectivity index (χ0n) is 58.7. The maximum atomic E-state index is 13.1. The van der Waals surface area contributed by atoms with Gasteiger partial charge in [0, 0.05) is 6.42 Å². The minimum Gasteiger partial charge on any atom is -0.391 e. The van der Waals surface area contributed by atoms with Crippen LogP contribution >= 0.6 is 7.82 Å². The molecule has 85 heavy (non-hydrogen) atoms. The van der Waals surface area contributed by atoms with E-state index in [0.29, 0.717) is 23.9 Å². The van der Waals surface area contributed by atoms with Gasteiger partial charge in [-0.25, -0.2) is 4.57 Å². The SMILES string of the molecule is CCCCCCCCCCCCCCCCCCCCCCCCCCCCCCCCCCC(=O)NC(COP(=O)(O)OCC[N+](C)(C)C)C(O)CCCCCCCCCCCCCCCCCCCCCCCCCCCCCCCCC. The molecule has 3 atom stereocenters. The fourth-order valence-corrected chi connectivity index (χ4v) is 13.3. The Morgan fingerprint density at radius 1 is 0.353 bits per heavy atom. The van der Waals surface area contributed by atoms with E-state index < -0.39 is 20.0 Å². The smallest absolute Gasteiger partial charge is 0.391 e. The zero-order chi connectivity index (χ0) is 61.9. The minimum atomic E-state index is -4.33. The molecule has 9 heteroatoms. The van der Waals surface area contributed by atoms with Crippen molar-refractivity contribution in [1.82, 2.24) is 5.32 Å². The number of aliphatic hydroxyl groups is 1. The van der Waals surface area contributed by atoms with Crippen molar-refractivity contribution in [3.05, 3.63) is 0 Å². The summed E-state index contributed by atoms with van der Waals surface area (Å²) in [5.74, 6) is -0.132. The van der Waals surface area contributed by atoms with E-state index >= 15 is 0 Å². The Morgan fingerprint density at radius 2 is 0.565 bits per heavy atom. The van der Waals surface area contributed by atoms with Crippen LogP contribution in [0.1, 0.15) is 431 Å². The first kappa shape index (κ1) is 84.5. The molecule has 0 rings (SSSR count). The number of quaternary nitrogens is 1. The third-order valence-electron chi connectivity index (χ3n) is 18.6. The van der Waals surface area contributed by atoms with E-state index in [1.807, 2.05) is 21.1 Å². The van der Waals surface area contributed by atoms with Gasteiger partial charge in [0.15, 0.2) is 0 Å². The predicted octanol–water partition coefficient (Wildman–Crippen LogP) is 25.1. The van der Waals surface area contributed by atoms with Gasteiger partial charge < -0.3 is 19.8 Å². The van der Waals surface area contributed by atoms with E-state index in [1.54, 1.807) is 0 Å². The number of phosphoric ester groups is 1. The van der Waals surface area contributed by atoms with Gasteiger partial charge in [-0.2, -0.15) is 0 Å². The first-order chi connectivity index (χ1) is 41.5. The van der Waals surface area contributed by atoms with Crippen molar-refractivity contribution in [1.29, 1.82) is 0 Å². The molecule has 1 amide bonds. The molecule has 0 fully saturated rings. The molecule has 0 aliphatic rings. The van der Waals surface area contributed by atoms with Gasteiger partial charge in [0.05, 0.1) is 39.9 Å². The van der Waals surface area contributed by atoms with Crippen LogP contribution in [-0.4, -0.2) is 73.4 Å². The van der Waals surface area contributed by atoms with Crippen LogP contribution in [0, 0.1) is 0 Å². The second kappa shape index (κ2) is 67.9. The zero-order valence-corrected chi connectivity index (χ0v) is 59.6. The lowest BCUT2D eigenvalue weighted by Gasteiger charge is -2.26. The summed E-state index contributed by atoms with van der Waals surface area (Å²) in [6.45, 7) is 4.98. The first-order valence-corrected chi connectivity index (χ1v) is 40.4. The molecule has 0 aliphatic carbocycles. The Kier molecular flexibility index (Phi) is 67.5. The van der Waals surface area contributed by atoms with Crippen LogP contribution in [-0.2, 0) is 18.4 Å². The standard InChI is InChI=1S/C76H155N2O6P/c1-6-8-10-12-14-16-18-20-22-24-26-28-30-32-34-36-38-40-42-44-46-48-50-52-54-56-58-60-62-64-66-68-70-76(80)77-74(73-84-85(81,82)83-72-71-78(3,4)5)75(79)69-67-65-63-61-59-57-55-53-51-49-47-45-43-41-39-37-35-33-31-29-27-25-23-21-19-17-15-13-11-9-7-2/h74-75,79H,6-73H2,1-5H3,(H-,77,80,81,82)/p+1. The summed E-state index contributed by atoms with van der Waals surface area (Å²) in [7, 11) is 1.65. The molecule has 3 N–H and O–H groups in total. The number of unbranched alkanes of at least 4 members (excludes halogenated alkanes) is 61. The summed E-state index contributed by atoms with van der Waals surface area (Å²) in [5, 5.41) is 14.2. The number of nitrogens with zero attached hydrogens (tertiary/aromatic N) is 1. The summed E-state index contributed by atoms with van der Waals surface area (Å²) in [4.78, 5) is 23.5. The van der Waals surface area contributed by atoms with Crippen molar-refractivity contribution in [2.45, 2.75) is 443 Å². The molecule has 0 aromatic rings. The second-order valence-corrected chi connectivity index (χ2v) is 29.9. The van der Waals surface area contributed by atoms with Gasteiger partial charge in [-0.05, 0) is 12.8 Å². The predicted molar refractivity (Wildman–Crippen MR) is 374 cm³/mol. The van der Waals surface area contributed by atoms with Gasteiger partial charge in [-0.1, -0.05) is 412 Å². The second-order valence-electron chi connectivity index (χ2n) is 28.5. The lowest BCUT2D eigenvalue weighted by molar-refractivity contribution is -0.870. The van der Waals surface area contributed by atoms with Crippen LogP contribution in [0.2, 0.25) is 0 Å². The Labute approximate surface area is 533 Å². The molecule has 0 spiro atoms. The lowest BCUT2D eigenvalue weighted by Crippen LogP contribution is -2.46. The Balaban J connectivity index is 3.92. The van der Waals surface area contributed by atoms with Crippen LogP contribution in [0.4, 0.5) is 0 Å². The van der Waals surface area contributed by atoms with E-state index in [2.05, 4.69) is 19.2 Å². The average molecular weight is 1230 g/mol. The average Bonchev–Trinajstić information content (AvgIpc) is 3.49. The van der Waals surface area contributed by atoms with Crippen LogP contribution < -0.4 is 5.32 Å². The quantitative estimate of drug-likeness (QED) is 0.0318. The Morgan fingerprint density at radius 3 is 0.788 bits per heavy atom. The van der Waals surface area contributed by atoms with E-state index in [4.69, 9.17) is 9.05 Å². The summed E-state index contributed by atoms with van der Waals surface area (Å²) in [6, 6.07) is -0.758. The highest BCUT2D eigenvalue weighted by atomic mass is 31.2. The number of aliphatic hydroxyl groups excluding tert-OH is 1. The molecule has 0 aromatic carbocycles. The number of phosphoric acid groups is 1. The van der Waals surface area contributed by atoms with Gasteiger partial charge in [0.2, 0.25) is 5.91 Å². The number of carbonyl (C=O) groups is 1. The molecule has 0 heterocycles. The number of likely N-dealkylation sites (N-methyl/N-ethyl adjacent to an activating group) is 1. The van der Waals surface area contributed by atoms with Crippen molar-refractivity contribution < 1.29 is 32.9 Å². The van der Waals surface area contributed by atoms with Crippen molar-refractivity contribution >= 4 is 13.7 Å². The van der Waals surface area contributed by atoms with E-state index in [1.165, 1.54) is 366 Å². The normalized spacial score (nSPS) is 13.4. The molecule has 0 bridgehead atoms. The van der Waals surface area contributed by atoms with Gasteiger partial charge in [-0.15, -0.1) is 0 Å². The van der Waals surface area contributed by atoms with E-state index in [9.17, 15) is 19.4 Å². The van der Waals surface area contributed by atoms with E-state index in [-0.39, 0.29) is 19.1 Å². The maximum absolute atomic E-state index is 13.1. The highest BCUT2D eigenvalue weighted by Gasteiger charge is 2.28. The topological polar surface area (TPSA) is 105 Å². The number of carbonyl (C=O) groups excluding carboxylic acids is 1. The number of hydrogen-bond donors (Lipinski definition) is 3. The van der Waals surface area contributed by atoms with Crippen molar-refractivity contribution in [3.8, 4) is 0 Å². The molecular weight excluding hydrogens is 1070 g/mol. The summed E-state index contributed by atoms with van der Waals surface area (Å²) in [5.41, 5.74) is 0. The Hall–Kier alpha value is -0.500. The summed E-state index contributed by atoms with van der Waals surface area (Å²) < 4.78 is 24.0. The van der Waals surface area contributed by atoms with Gasteiger partial charge in [0.25, 0.3) is 0 Å². The van der Waals surface area contributed by atoms with Gasteiger partial charge in [-0.3, -0.25) is 13.8 Å². The van der Waals surface area contributed by atoms with Crippen LogP contribution in [0.15, 0.2) is 0 Å². The number of nitrogens with one attached hydrogen (secondary N) is 1. The van der Waals surface area contributed by atoms with Crippen molar-refractivity contribution in [3.63, 3.8) is 0 Å².